The lowest BCUT2D eigenvalue weighted by molar-refractivity contribution is 0.306. The van der Waals surface area contributed by atoms with Crippen molar-refractivity contribution in [1.29, 1.82) is 0 Å². The molecule has 4 aromatic rings. The maximum atomic E-state index is 12.5. The van der Waals surface area contributed by atoms with Crippen LogP contribution >= 0.6 is 11.8 Å². The van der Waals surface area contributed by atoms with Crippen LogP contribution in [0.25, 0.3) is 11.3 Å². The molecule has 0 saturated carbocycles. The largest absolute Gasteiger partial charge is 0.506 e. The van der Waals surface area contributed by atoms with Crippen LogP contribution in [0.1, 0.15) is 11.1 Å². The van der Waals surface area contributed by atoms with E-state index in [1.807, 2.05) is 78.9 Å². The third-order valence-corrected chi connectivity index (χ3v) is 5.81. The maximum Gasteiger partial charge on any atom is 0.353 e. The lowest BCUT2D eigenvalue weighted by Crippen LogP contribution is -2.04. The number of thioether (sulfide) groups is 1. The molecule has 0 bridgehead atoms. The van der Waals surface area contributed by atoms with E-state index in [0.29, 0.717) is 29.4 Å². The van der Waals surface area contributed by atoms with Gasteiger partial charge in [0.05, 0.1) is 0 Å². The van der Waals surface area contributed by atoms with Crippen LogP contribution in [0.15, 0.2) is 105 Å². The summed E-state index contributed by atoms with van der Waals surface area (Å²) in [5.74, 6) is 1.56. The van der Waals surface area contributed by atoms with Crippen molar-refractivity contribution in [2.24, 2.45) is 0 Å². The second kappa shape index (κ2) is 10.0. The standard InChI is InChI=1S/C26H22O4S/c27-23-17-24(30-26(28)25(23)31-15-14-19-8-3-1-4-9-19)21-12-7-13-22(16-21)29-18-20-10-5-2-6-11-20/h1-13,16-17,27H,14-15,18H2. The van der Waals surface area contributed by atoms with E-state index in [4.69, 9.17) is 9.15 Å². The molecule has 0 saturated heterocycles. The highest BCUT2D eigenvalue weighted by atomic mass is 32.2. The Morgan fingerprint density at radius 1 is 0.839 bits per heavy atom. The molecule has 0 unspecified atom stereocenters. The quantitative estimate of drug-likeness (QED) is 0.351. The predicted octanol–water partition coefficient (Wildman–Crippen LogP) is 5.93. The summed E-state index contributed by atoms with van der Waals surface area (Å²) >= 11 is 1.30. The molecule has 0 aliphatic carbocycles. The Kier molecular flexibility index (Phi) is 6.75. The van der Waals surface area contributed by atoms with Gasteiger partial charge in [-0.05, 0) is 29.7 Å². The first kappa shape index (κ1) is 20.8. The molecular weight excluding hydrogens is 408 g/mol. The SMILES string of the molecule is O=c1oc(-c2cccc(OCc3ccccc3)c2)cc(O)c1SCCc1ccccc1. The molecule has 3 aromatic carbocycles. The number of hydrogen-bond donors (Lipinski definition) is 1. The Morgan fingerprint density at radius 3 is 2.26 bits per heavy atom. The number of benzene rings is 3. The monoisotopic (exact) mass is 430 g/mol. The first-order valence-electron chi connectivity index (χ1n) is 10.00. The molecule has 0 amide bonds. The summed E-state index contributed by atoms with van der Waals surface area (Å²) in [6.45, 7) is 0.441. The van der Waals surface area contributed by atoms with Crippen LogP contribution < -0.4 is 10.4 Å². The smallest absolute Gasteiger partial charge is 0.353 e. The van der Waals surface area contributed by atoms with Gasteiger partial charge in [-0.15, -0.1) is 11.8 Å². The first-order chi connectivity index (χ1) is 15.2. The second-order valence-corrected chi connectivity index (χ2v) is 8.10. The highest BCUT2D eigenvalue weighted by Gasteiger charge is 2.14. The number of aryl methyl sites for hydroxylation is 1. The van der Waals surface area contributed by atoms with Crippen molar-refractivity contribution in [1.82, 2.24) is 0 Å². The fourth-order valence-electron chi connectivity index (χ4n) is 3.14. The molecule has 5 heteroatoms. The molecular formula is C26H22O4S. The van der Waals surface area contributed by atoms with Gasteiger partial charge in [0.2, 0.25) is 0 Å². The highest BCUT2D eigenvalue weighted by Crippen LogP contribution is 2.31. The Balaban J connectivity index is 1.45. The predicted molar refractivity (Wildman–Crippen MR) is 124 cm³/mol. The molecule has 4 rings (SSSR count). The topological polar surface area (TPSA) is 59.7 Å². The third-order valence-electron chi connectivity index (χ3n) is 4.74. The Morgan fingerprint density at radius 2 is 1.55 bits per heavy atom. The third kappa shape index (κ3) is 5.58. The summed E-state index contributed by atoms with van der Waals surface area (Å²) in [5, 5.41) is 10.4. The van der Waals surface area contributed by atoms with Gasteiger partial charge in [-0.3, -0.25) is 0 Å². The van der Waals surface area contributed by atoms with E-state index in [1.54, 1.807) is 6.07 Å². The van der Waals surface area contributed by atoms with E-state index in [2.05, 4.69) is 0 Å². The van der Waals surface area contributed by atoms with Crippen molar-refractivity contribution < 1.29 is 14.3 Å². The van der Waals surface area contributed by atoms with Crippen molar-refractivity contribution >= 4 is 11.8 Å². The van der Waals surface area contributed by atoms with Gasteiger partial charge >= 0.3 is 5.63 Å². The average Bonchev–Trinajstić information content (AvgIpc) is 2.81. The van der Waals surface area contributed by atoms with E-state index < -0.39 is 5.63 Å². The van der Waals surface area contributed by atoms with Gasteiger partial charge in [0, 0.05) is 17.4 Å². The number of hydrogen-bond acceptors (Lipinski definition) is 5. The minimum absolute atomic E-state index is 0.0695. The lowest BCUT2D eigenvalue weighted by atomic mass is 10.1. The van der Waals surface area contributed by atoms with Gasteiger partial charge in [0.25, 0.3) is 0 Å². The molecule has 0 fully saturated rings. The molecule has 0 spiro atoms. The van der Waals surface area contributed by atoms with Gasteiger partial charge in [0.1, 0.15) is 28.8 Å². The molecule has 31 heavy (non-hydrogen) atoms. The van der Waals surface area contributed by atoms with Crippen LogP contribution in [0.2, 0.25) is 0 Å². The van der Waals surface area contributed by atoms with E-state index in [1.165, 1.54) is 23.4 Å². The van der Waals surface area contributed by atoms with Gasteiger partial charge in [-0.25, -0.2) is 4.79 Å². The average molecular weight is 431 g/mol. The van der Waals surface area contributed by atoms with Gasteiger partial charge in [0.15, 0.2) is 0 Å². The summed E-state index contributed by atoms with van der Waals surface area (Å²) in [7, 11) is 0. The molecule has 4 nitrogen and oxygen atoms in total. The molecule has 0 radical (unpaired) electrons. The Bertz CT molecular complexity index is 1190. The fraction of sp³-hybridized carbons (Fsp3) is 0.115. The van der Waals surface area contributed by atoms with Crippen LogP contribution in [-0.2, 0) is 13.0 Å². The maximum absolute atomic E-state index is 12.5. The molecule has 1 heterocycles. The lowest BCUT2D eigenvalue weighted by Gasteiger charge is -2.09. The number of ether oxygens (including phenoxy) is 1. The molecule has 0 aliphatic rings. The zero-order chi connectivity index (χ0) is 21.5. The van der Waals surface area contributed by atoms with E-state index in [-0.39, 0.29) is 10.6 Å². The van der Waals surface area contributed by atoms with Crippen molar-refractivity contribution in [3.63, 3.8) is 0 Å². The number of rotatable bonds is 8. The van der Waals surface area contributed by atoms with Gasteiger partial charge < -0.3 is 14.3 Å². The minimum Gasteiger partial charge on any atom is -0.506 e. The van der Waals surface area contributed by atoms with Crippen LogP contribution in [-0.4, -0.2) is 10.9 Å². The van der Waals surface area contributed by atoms with Crippen molar-refractivity contribution in [2.75, 3.05) is 5.75 Å². The molecule has 0 aliphatic heterocycles. The van der Waals surface area contributed by atoms with E-state index >= 15 is 0 Å². The fourth-order valence-corrected chi connectivity index (χ4v) is 4.05. The minimum atomic E-state index is -0.538. The normalized spacial score (nSPS) is 10.7. The zero-order valence-corrected chi connectivity index (χ0v) is 17.7. The molecule has 0 atom stereocenters. The van der Waals surface area contributed by atoms with Crippen LogP contribution in [0.3, 0.4) is 0 Å². The van der Waals surface area contributed by atoms with E-state index in [0.717, 1.165) is 12.0 Å². The van der Waals surface area contributed by atoms with Crippen molar-refractivity contribution in [3.8, 4) is 22.8 Å². The van der Waals surface area contributed by atoms with Crippen LogP contribution in [0.4, 0.5) is 0 Å². The summed E-state index contributed by atoms with van der Waals surface area (Å²) in [4.78, 5) is 12.7. The van der Waals surface area contributed by atoms with E-state index in [9.17, 15) is 9.90 Å². The van der Waals surface area contributed by atoms with Crippen molar-refractivity contribution in [3.05, 3.63) is 113 Å². The summed E-state index contributed by atoms with van der Waals surface area (Å²) < 4.78 is 11.4. The summed E-state index contributed by atoms with van der Waals surface area (Å²) in [6.07, 6.45) is 0.799. The van der Waals surface area contributed by atoms with Gasteiger partial charge in [-0.1, -0.05) is 72.8 Å². The molecule has 1 aromatic heterocycles. The second-order valence-electron chi connectivity index (χ2n) is 7.00. The van der Waals surface area contributed by atoms with Crippen LogP contribution in [0, 0.1) is 0 Å². The Hall–Kier alpha value is -3.44. The molecule has 1 N–H and O–H groups in total. The molecule has 156 valence electrons. The number of aromatic hydroxyl groups is 1. The Labute approximate surface area is 185 Å². The van der Waals surface area contributed by atoms with Gasteiger partial charge in [-0.2, -0.15) is 0 Å². The first-order valence-corrected chi connectivity index (χ1v) is 11.0. The van der Waals surface area contributed by atoms with Crippen LogP contribution in [0.5, 0.6) is 11.5 Å². The highest BCUT2D eigenvalue weighted by molar-refractivity contribution is 7.99. The summed E-state index contributed by atoms with van der Waals surface area (Å²) in [5.41, 5.74) is 2.37. The zero-order valence-electron chi connectivity index (χ0n) is 16.9. The van der Waals surface area contributed by atoms with Crippen molar-refractivity contribution in [2.45, 2.75) is 17.9 Å². The summed E-state index contributed by atoms with van der Waals surface area (Å²) in [6, 6.07) is 28.7.